The van der Waals surface area contributed by atoms with Crippen molar-refractivity contribution in [2.45, 2.75) is 6.92 Å². The maximum Gasteiger partial charge on any atom is 3.00 e. The zero-order valence-corrected chi connectivity index (χ0v) is 20.1. The van der Waals surface area contributed by atoms with Crippen LogP contribution in [0.25, 0.3) is 0 Å². The van der Waals surface area contributed by atoms with Gasteiger partial charge in [-0.3, -0.25) is 9.98 Å². The quantitative estimate of drug-likeness (QED) is 0.269. The number of ether oxygens (including phenoxy) is 4. The Bertz CT molecular complexity index is 888. The van der Waals surface area contributed by atoms with E-state index in [1.54, 1.807) is 12.1 Å². The van der Waals surface area contributed by atoms with Gasteiger partial charge < -0.3 is 39.1 Å². The summed E-state index contributed by atoms with van der Waals surface area (Å²) in [7, 11) is 5.90. The molecule has 0 bridgehead atoms. The van der Waals surface area contributed by atoms with Gasteiger partial charge in [0.05, 0.1) is 41.5 Å². The number of hydrogen-bond acceptors (Lipinski definition) is 10. The van der Waals surface area contributed by atoms with Gasteiger partial charge in [-0.05, 0) is 19.1 Å². The number of rotatable bonds is 9. The van der Waals surface area contributed by atoms with Crippen molar-refractivity contribution in [1.82, 2.24) is 0 Å². The van der Waals surface area contributed by atoms with E-state index in [1.807, 2.05) is 0 Å². The summed E-state index contributed by atoms with van der Waals surface area (Å²) in [6.07, 6.45) is 2.90. The van der Waals surface area contributed by atoms with Crippen LogP contribution in [0.3, 0.4) is 0 Å². The molecule has 0 spiro atoms. The third-order valence-corrected chi connectivity index (χ3v) is 3.87. The Kier molecular flexibility index (Phi) is 13.8. The van der Waals surface area contributed by atoms with E-state index in [2.05, 4.69) is 9.98 Å². The molecule has 0 heterocycles. The molecule has 0 aliphatic heterocycles. The number of carboxylic acid groups (broad SMARTS) is 1. The van der Waals surface area contributed by atoms with Crippen LogP contribution < -0.4 is 34.3 Å². The van der Waals surface area contributed by atoms with E-state index in [1.165, 1.54) is 53.0 Å². The predicted octanol–water partition coefficient (Wildman–Crippen LogP) is 0.160. The molecule has 0 atom stereocenters. The van der Waals surface area contributed by atoms with Crippen LogP contribution >= 0.6 is 0 Å². The number of carboxylic acids is 1. The van der Waals surface area contributed by atoms with E-state index < -0.39 is 5.97 Å². The van der Waals surface area contributed by atoms with Crippen LogP contribution in [0.1, 0.15) is 18.1 Å². The molecule has 0 radical (unpaired) electrons. The van der Waals surface area contributed by atoms with Gasteiger partial charge >= 0.3 is 17.1 Å². The molecular formula is C22H25MnN2O8. The fourth-order valence-corrected chi connectivity index (χ4v) is 2.41. The Morgan fingerprint density at radius 2 is 1.12 bits per heavy atom. The number of aliphatic imine (C=N–C) groups is 2. The molecule has 0 N–H and O–H groups in total. The largest absolute Gasteiger partial charge is 3.00 e. The number of methoxy groups -OCH3 is 4. The van der Waals surface area contributed by atoms with E-state index in [9.17, 15) is 10.2 Å². The molecule has 2 aromatic rings. The predicted molar refractivity (Wildman–Crippen MR) is 114 cm³/mol. The van der Waals surface area contributed by atoms with Crippen molar-refractivity contribution in [2.75, 3.05) is 41.5 Å². The number of aliphatic carboxylic acids is 1. The minimum absolute atomic E-state index is 0. The first kappa shape index (κ1) is 29.6. The fraction of sp³-hybridized carbons (Fsp3) is 0.318. The Balaban J connectivity index is 0.00000189. The second kappa shape index (κ2) is 15.4. The Hall–Kier alpha value is -3.43. The van der Waals surface area contributed by atoms with Gasteiger partial charge in [0, 0.05) is 41.7 Å². The first-order valence-electron chi connectivity index (χ1n) is 9.30. The van der Waals surface area contributed by atoms with Crippen molar-refractivity contribution < 1.29 is 56.1 Å². The van der Waals surface area contributed by atoms with E-state index in [0.29, 0.717) is 47.2 Å². The summed E-state index contributed by atoms with van der Waals surface area (Å²) in [6.45, 7) is 1.63. The summed E-state index contributed by atoms with van der Waals surface area (Å²) in [5.41, 5.74) is 0.678. The number of nitrogens with zero attached hydrogens (tertiary/aromatic N) is 2. The van der Waals surface area contributed by atoms with Crippen molar-refractivity contribution in [1.29, 1.82) is 0 Å². The van der Waals surface area contributed by atoms with Crippen LogP contribution in [0, 0.1) is 0 Å². The third kappa shape index (κ3) is 9.71. The second-order valence-electron chi connectivity index (χ2n) is 6.05. The molecule has 0 aromatic heterocycles. The average Bonchev–Trinajstić information content (AvgIpc) is 2.76. The van der Waals surface area contributed by atoms with Gasteiger partial charge in [-0.15, -0.1) is 0 Å². The van der Waals surface area contributed by atoms with E-state index in [-0.39, 0.29) is 28.6 Å². The van der Waals surface area contributed by atoms with Gasteiger partial charge in [0.1, 0.15) is 23.0 Å². The zero-order valence-electron chi connectivity index (χ0n) is 18.9. The number of carbonyl (C=O) groups is 1. The summed E-state index contributed by atoms with van der Waals surface area (Å²) >= 11 is 0. The normalized spacial score (nSPS) is 10.2. The molecule has 10 nitrogen and oxygen atoms in total. The van der Waals surface area contributed by atoms with Crippen LogP contribution in [-0.4, -0.2) is 59.9 Å². The van der Waals surface area contributed by atoms with E-state index >= 15 is 0 Å². The second-order valence-corrected chi connectivity index (χ2v) is 6.05. The van der Waals surface area contributed by atoms with Crippen LogP contribution in [0.2, 0.25) is 0 Å². The SMILES string of the molecule is CC(=O)[O-].COc1cc([O-])c(C=NCCN=Cc2c([O-])cc(OC)cc2OC)c(OC)c1.[Mn+3]. The monoisotopic (exact) mass is 500 g/mol. The summed E-state index contributed by atoms with van der Waals surface area (Å²) in [5, 5.41) is 33.1. The minimum atomic E-state index is -1.08. The smallest absolute Gasteiger partial charge is 0.872 e. The summed E-state index contributed by atoms with van der Waals surface area (Å²) in [5.74, 6) is 0.0341. The maximum atomic E-state index is 12.1. The molecule has 11 heteroatoms. The van der Waals surface area contributed by atoms with Crippen LogP contribution in [-0.2, 0) is 21.9 Å². The molecule has 2 rings (SSSR count). The first-order valence-corrected chi connectivity index (χ1v) is 9.30. The van der Waals surface area contributed by atoms with Crippen molar-refractivity contribution >= 4 is 18.4 Å². The number of carbonyl (C=O) groups excluding carboxylic acids is 1. The fourth-order valence-electron chi connectivity index (χ4n) is 2.41. The summed E-state index contributed by atoms with van der Waals surface area (Å²) in [4.78, 5) is 17.3. The number of benzene rings is 2. The first-order chi connectivity index (χ1) is 15.3. The van der Waals surface area contributed by atoms with Crippen molar-refractivity contribution in [3.63, 3.8) is 0 Å². The third-order valence-electron chi connectivity index (χ3n) is 3.87. The average molecular weight is 500 g/mol. The van der Waals surface area contributed by atoms with Crippen LogP contribution in [0.15, 0.2) is 34.3 Å². The number of hydrogen-bond donors (Lipinski definition) is 0. The Morgan fingerprint density at radius 1 is 0.788 bits per heavy atom. The molecule has 0 unspecified atom stereocenters. The van der Waals surface area contributed by atoms with Crippen molar-refractivity contribution in [3.05, 3.63) is 35.4 Å². The maximum absolute atomic E-state index is 12.1. The standard InChI is InChI=1S/C20H24N2O6.C2H4O2.Mn/c1-25-13-7-17(23)15(19(9-13)27-3)11-21-5-6-22-12-16-18(24)8-14(26-2)10-20(16)28-4;1-2(3)4;/h7-12,23-24H,5-6H2,1-4H3;1H3,(H,3,4);/q;;+3/p-3. The molecule has 0 fully saturated rings. The van der Waals surface area contributed by atoms with Gasteiger partial charge in [-0.1, -0.05) is 11.5 Å². The van der Waals surface area contributed by atoms with Gasteiger partial charge in [0.15, 0.2) is 0 Å². The molecule has 0 aliphatic rings. The molecule has 178 valence electrons. The minimum Gasteiger partial charge on any atom is -0.872 e. The van der Waals surface area contributed by atoms with Gasteiger partial charge in [0.2, 0.25) is 0 Å². The topological polar surface area (TPSA) is 148 Å². The van der Waals surface area contributed by atoms with E-state index in [0.717, 1.165) is 6.92 Å². The molecule has 0 saturated carbocycles. The molecule has 0 aliphatic carbocycles. The molecule has 2 aromatic carbocycles. The van der Waals surface area contributed by atoms with Gasteiger partial charge in [-0.25, -0.2) is 0 Å². The van der Waals surface area contributed by atoms with Crippen molar-refractivity contribution in [2.24, 2.45) is 9.98 Å². The van der Waals surface area contributed by atoms with Crippen LogP contribution in [0.4, 0.5) is 0 Å². The van der Waals surface area contributed by atoms with E-state index in [4.69, 9.17) is 28.8 Å². The van der Waals surface area contributed by atoms with Crippen molar-refractivity contribution in [3.8, 4) is 34.5 Å². The molecule has 0 amide bonds. The van der Waals surface area contributed by atoms with Gasteiger partial charge in [0.25, 0.3) is 0 Å². The molecule has 33 heavy (non-hydrogen) atoms. The summed E-state index contributed by atoms with van der Waals surface area (Å²) < 4.78 is 20.5. The van der Waals surface area contributed by atoms with Gasteiger partial charge in [-0.2, -0.15) is 0 Å². The van der Waals surface area contributed by atoms with Crippen LogP contribution in [0.5, 0.6) is 34.5 Å². The zero-order chi connectivity index (χ0) is 24.1. The Morgan fingerprint density at radius 3 is 1.39 bits per heavy atom. The molecular weight excluding hydrogens is 475 g/mol. The Labute approximate surface area is 203 Å². The summed E-state index contributed by atoms with van der Waals surface area (Å²) in [6, 6.07) is 5.97. The molecule has 0 saturated heterocycles.